The molecule has 0 radical (unpaired) electrons. The summed E-state index contributed by atoms with van der Waals surface area (Å²) < 4.78 is 10.6. The van der Waals surface area contributed by atoms with Crippen molar-refractivity contribution >= 4 is 5.97 Å². The number of aromatic nitrogens is 3. The molecule has 1 aromatic heterocycles. The van der Waals surface area contributed by atoms with Gasteiger partial charge in [-0.15, -0.1) is 5.10 Å². The number of hydrogen-bond acceptors (Lipinski definition) is 6. The molecule has 0 bridgehead atoms. The maximum atomic E-state index is 11.3. The number of carboxylic acids is 1. The second kappa shape index (κ2) is 5.30. The number of hydrogen-bond donors (Lipinski definition) is 1. The Kier molecular flexibility index (Phi) is 3.56. The average molecular weight is 261 g/mol. The number of aliphatic carboxylic acids is 1. The van der Waals surface area contributed by atoms with Crippen molar-refractivity contribution in [1.29, 1.82) is 0 Å². The lowest BCUT2D eigenvalue weighted by Crippen LogP contribution is -2.47. The molecule has 1 atom stereocenters. The van der Waals surface area contributed by atoms with Crippen LogP contribution in [0, 0.1) is 0 Å². The zero-order valence-corrected chi connectivity index (χ0v) is 10.1. The van der Waals surface area contributed by atoms with Gasteiger partial charge in [0, 0.05) is 13.0 Å². The summed E-state index contributed by atoms with van der Waals surface area (Å²) in [7, 11) is 0. The van der Waals surface area contributed by atoms with Crippen LogP contribution < -0.4 is 9.47 Å². The van der Waals surface area contributed by atoms with Crippen LogP contribution in [0.25, 0.3) is 0 Å². The monoisotopic (exact) mass is 261 g/mol. The summed E-state index contributed by atoms with van der Waals surface area (Å²) in [6, 6.07) is 9.89. The van der Waals surface area contributed by atoms with Crippen molar-refractivity contribution < 1.29 is 19.4 Å². The van der Waals surface area contributed by atoms with Crippen molar-refractivity contribution in [3.63, 3.8) is 0 Å². The fraction of sp³-hybridized carbons (Fsp3) is 0.167. The van der Waals surface area contributed by atoms with Gasteiger partial charge in [0.1, 0.15) is 5.75 Å². The predicted molar refractivity (Wildman–Crippen MR) is 63.6 cm³/mol. The summed E-state index contributed by atoms with van der Waals surface area (Å²) in [5, 5.41) is 19.6. The molecule has 0 saturated heterocycles. The van der Waals surface area contributed by atoms with Crippen molar-refractivity contribution in [2.24, 2.45) is 0 Å². The Labute approximate surface area is 108 Å². The number of ether oxygens (including phenoxy) is 2. The van der Waals surface area contributed by atoms with Gasteiger partial charge in [0.15, 0.2) is 0 Å². The highest BCUT2D eigenvalue weighted by molar-refractivity contribution is 5.76. The van der Waals surface area contributed by atoms with E-state index in [2.05, 4.69) is 15.4 Å². The predicted octanol–water partition coefficient (Wildman–Crippen LogP) is 1.13. The molecule has 19 heavy (non-hydrogen) atoms. The molecule has 0 spiro atoms. The van der Waals surface area contributed by atoms with Gasteiger partial charge < -0.3 is 14.6 Å². The van der Waals surface area contributed by atoms with Gasteiger partial charge in [-0.2, -0.15) is 0 Å². The fourth-order valence-electron chi connectivity index (χ4n) is 1.31. The number of benzene rings is 1. The first-order chi connectivity index (χ1) is 9.10. The van der Waals surface area contributed by atoms with Gasteiger partial charge in [-0.25, -0.2) is 4.79 Å². The van der Waals surface area contributed by atoms with Gasteiger partial charge in [0.25, 0.3) is 0 Å². The van der Waals surface area contributed by atoms with Crippen LogP contribution in [0.5, 0.6) is 11.6 Å². The number of carbonyl (C=O) groups is 1. The molecule has 0 saturated carbocycles. The molecular formula is C12H11N3O4. The number of para-hydroxylation sites is 1. The van der Waals surface area contributed by atoms with E-state index in [1.54, 1.807) is 30.3 Å². The maximum Gasteiger partial charge on any atom is 0.390 e. The zero-order valence-electron chi connectivity index (χ0n) is 10.1. The van der Waals surface area contributed by atoms with Gasteiger partial charge in [-0.1, -0.05) is 23.3 Å². The molecule has 1 aromatic carbocycles. The zero-order chi connectivity index (χ0) is 13.7. The van der Waals surface area contributed by atoms with E-state index in [9.17, 15) is 9.90 Å². The molecule has 98 valence electrons. The molecule has 7 nitrogen and oxygen atoms in total. The van der Waals surface area contributed by atoms with Crippen molar-refractivity contribution in [3.8, 4) is 11.6 Å². The quantitative estimate of drug-likeness (QED) is 0.806. The highest BCUT2D eigenvalue weighted by atomic mass is 16.7. The van der Waals surface area contributed by atoms with E-state index in [4.69, 9.17) is 9.47 Å². The van der Waals surface area contributed by atoms with Crippen LogP contribution in [0.3, 0.4) is 0 Å². The third-order valence-electron chi connectivity index (χ3n) is 2.22. The van der Waals surface area contributed by atoms with Crippen molar-refractivity contribution in [2.45, 2.75) is 12.7 Å². The maximum absolute atomic E-state index is 11.3. The number of rotatable bonds is 5. The van der Waals surface area contributed by atoms with E-state index in [0.717, 1.165) is 0 Å². The van der Waals surface area contributed by atoms with E-state index in [1.165, 1.54) is 19.2 Å². The third-order valence-corrected chi connectivity index (χ3v) is 2.22. The van der Waals surface area contributed by atoms with E-state index < -0.39 is 11.8 Å². The number of nitrogens with zero attached hydrogens (tertiary/aromatic N) is 3. The summed E-state index contributed by atoms with van der Waals surface area (Å²) in [5.41, 5.74) is 0. The minimum Gasteiger partial charge on any atom is -0.475 e. The first-order valence-corrected chi connectivity index (χ1v) is 5.41. The molecular weight excluding hydrogens is 250 g/mol. The third kappa shape index (κ3) is 3.15. The van der Waals surface area contributed by atoms with Crippen LogP contribution >= 0.6 is 0 Å². The van der Waals surface area contributed by atoms with Crippen LogP contribution in [0.4, 0.5) is 0 Å². The summed E-state index contributed by atoms with van der Waals surface area (Å²) in [6.45, 7) is 1.28. The molecule has 1 heterocycles. The standard InChI is InChI=1S/C12H11N3O4/c1-12(11(16)17,18-9-5-3-2-4-6-9)19-10-7-8-13-15-14-10/h2-8H,1H3,(H,16,17). The Morgan fingerprint density at radius 1 is 1.21 bits per heavy atom. The highest BCUT2D eigenvalue weighted by Crippen LogP contribution is 2.21. The van der Waals surface area contributed by atoms with Gasteiger partial charge in [0.2, 0.25) is 5.88 Å². The van der Waals surface area contributed by atoms with Crippen LogP contribution in [-0.2, 0) is 4.79 Å². The summed E-state index contributed by atoms with van der Waals surface area (Å²) in [5.74, 6) is -2.81. The molecule has 1 N–H and O–H groups in total. The van der Waals surface area contributed by atoms with Crippen LogP contribution in [0.2, 0.25) is 0 Å². The molecule has 7 heteroatoms. The Hall–Kier alpha value is -2.70. The molecule has 1 unspecified atom stereocenters. The average Bonchev–Trinajstić information content (AvgIpc) is 2.40. The van der Waals surface area contributed by atoms with Crippen LogP contribution in [0.15, 0.2) is 42.6 Å². The molecule has 2 aromatic rings. The summed E-state index contributed by atoms with van der Waals surface area (Å²) in [4.78, 5) is 11.3. The first-order valence-electron chi connectivity index (χ1n) is 5.41. The second-order valence-corrected chi connectivity index (χ2v) is 3.73. The van der Waals surface area contributed by atoms with Crippen LogP contribution in [-0.4, -0.2) is 32.3 Å². The fourth-order valence-corrected chi connectivity index (χ4v) is 1.31. The first kappa shape index (κ1) is 12.7. The SMILES string of the molecule is CC(Oc1ccccc1)(Oc1ccnnn1)C(=O)O. The smallest absolute Gasteiger partial charge is 0.390 e. The summed E-state index contributed by atoms with van der Waals surface area (Å²) in [6.07, 6.45) is 1.34. The van der Waals surface area contributed by atoms with E-state index in [0.29, 0.717) is 5.75 Å². The Morgan fingerprint density at radius 3 is 2.53 bits per heavy atom. The van der Waals surface area contributed by atoms with E-state index in [1.807, 2.05) is 0 Å². The van der Waals surface area contributed by atoms with Crippen LogP contribution in [0.1, 0.15) is 6.92 Å². The Balaban J connectivity index is 2.21. The highest BCUT2D eigenvalue weighted by Gasteiger charge is 2.39. The van der Waals surface area contributed by atoms with Crippen molar-refractivity contribution in [1.82, 2.24) is 15.4 Å². The van der Waals surface area contributed by atoms with E-state index in [-0.39, 0.29) is 5.88 Å². The molecule has 0 amide bonds. The lowest BCUT2D eigenvalue weighted by Gasteiger charge is -2.25. The lowest BCUT2D eigenvalue weighted by atomic mass is 10.3. The molecule has 2 rings (SSSR count). The molecule has 0 aliphatic rings. The van der Waals surface area contributed by atoms with Gasteiger partial charge in [-0.3, -0.25) is 0 Å². The van der Waals surface area contributed by atoms with Crippen molar-refractivity contribution in [2.75, 3.05) is 0 Å². The largest absolute Gasteiger partial charge is 0.475 e. The number of carboxylic acid groups (broad SMARTS) is 1. The molecule has 0 fully saturated rings. The van der Waals surface area contributed by atoms with Gasteiger partial charge >= 0.3 is 11.8 Å². The van der Waals surface area contributed by atoms with Gasteiger partial charge in [-0.05, 0) is 17.3 Å². The summed E-state index contributed by atoms with van der Waals surface area (Å²) >= 11 is 0. The van der Waals surface area contributed by atoms with E-state index >= 15 is 0 Å². The topological polar surface area (TPSA) is 94.4 Å². The van der Waals surface area contributed by atoms with Gasteiger partial charge in [0.05, 0.1) is 6.20 Å². The minimum absolute atomic E-state index is 0.0100. The van der Waals surface area contributed by atoms with Crippen molar-refractivity contribution in [3.05, 3.63) is 42.6 Å². The normalized spacial score (nSPS) is 13.3. The molecule has 0 aliphatic heterocycles. The minimum atomic E-state index is -1.91. The second-order valence-electron chi connectivity index (χ2n) is 3.73. The molecule has 0 aliphatic carbocycles. The Morgan fingerprint density at radius 2 is 1.95 bits per heavy atom. The Bertz CT molecular complexity index is 506. The lowest BCUT2D eigenvalue weighted by molar-refractivity contribution is -0.181.